The molecule has 1 saturated carbocycles. The summed E-state index contributed by atoms with van der Waals surface area (Å²) in [5.74, 6) is -0.832. The quantitative estimate of drug-likeness (QED) is 0.148. The van der Waals surface area contributed by atoms with Crippen LogP contribution >= 0.6 is 0 Å². The molecule has 13 nitrogen and oxygen atoms in total. The minimum atomic E-state index is -4.55. The van der Waals surface area contributed by atoms with Crippen molar-refractivity contribution in [3.8, 4) is 22.4 Å². The van der Waals surface area contributed by atoms with E-state index in [2.05, 4.69) is 36.8 Å². The molecule has 6 fully saturated rings. The zero-order valence-electron chi connectivity index (χ0n) is 44.6. The lowest BCUT2D eigenvalue weighted by molar-refractivity contribution is -0.155. The van der Waals surface area contributed by atoms with Gasteiger partial charge in [0.1, 0.15) is 18.6 Å². The number of ether oxygens (including phenoxy) is 1. The number of alkyl halides is 3. The SMILES string of the molecule is CC(C)c1ncc(N2CCN3CCCC[C@@H]3C2)cc1-c1c2c3cc(ccc3n1CC(F)(F)F)-c1cccc(c1)C[C@H](NC(=O)[C@H](C1CCCC1)N1CC[C@]3(CCNC3)C1)C(=O)N1CCC[C@H](N1)C(=O)OCC(C)(C)C2. The summed E-state index contributed by atoms with van der Waals surface area (Å²) >= 11 is 0. The number of piperidine rings is 1. The molecule has 6 aliphatic heterocycles. The number of hydrazine groups is 1. The van der Waals surface area contributed by atoms with Gasteiger partial charge in [-0.1, -0.05) is 77.3 Å². The number of carbonyl (C=O) groups excluding carboxylic acids is 3. The van der Waals surface area contributed by atoms with Gasteiger partial charge in [-0.15, -0.1) is 0 Å². The highest BCUT2D eigenvalue weighted by Gasteiger charge is 2.47. The number of hydrogen-bond acceptors (Lipinski definition) is 10. The van der Waals surface area contributed by atoms with Gasteiger partial charge in [-0.25, -0.2) is 5.43 Å². The summed E-state index contributed by atoms with van der Waals surface area (Å²) in [6.45, 7) is 14.5. The molecular weight excluding hydrogens is 956 g/mol. The number of rotatable bonds is 8. The van der Waals surface area contributed by atoms with Crippen molar-refractivity contribution in [3.05, 3.63) is 71.5 Å². The topological polar surface area (TPSA) is 127 Å². The van der Waals surface area contributed by atoms with Gasteiger partial charge >= 0.3 is 12.1 Å². The normalized spacial score (nSPS) is 26.7. The van der Waals surface area contributed by atoms with Crippen molar-refractivity contribution in [1.29, 1.82) is 0 Å². The predicted octanol–water partition coefficient (Wildman–Crippen LogP) is 8.62. The maximum Gasteiger partial charge on any atom is 0.406 e. The smallest absolute Gasteiger partial charge is 0.406 e. The number of carbonyl (C=O) groups is 3. The lowest BCUT2D eigenvalue weighted by Crippen LogP contribution is -2.62. The standard InChI is InChI=1S/C59H78F3N9O4/c1-38(2)51-46(30-44(32-64-51)68-26-25-67-22-8-7-15-43(67)33-68)53-47-31-57(3,4)37-75-56(74)48-16-10-23-71(66-48)55(73)49(65-54(72)52(40-12-5-6-13-40)69-24-20-58(35-69)19-21-63-34-58)28-39-11-9-14-41(27-39)42-17-18-50(45(47)29-42)70(53)36-59(60,61)62/h9,11,14,17-18,27,29-30,32,38,40,43,48-49,52,63,66H,5-8,10,12-13,15-16,19-26,28,31,33-37H2,1-4H3,(H,65,72)/t43-,48+,49+,52+,58+/m1/s1. The van der Waals surface area contributed by atoms with Crippen LogP contribution in [0.15, 0.2) is 54.7 Å². The van der Waals surface area contributed by atoms with E-state index in [1.54, 1.807) is 0 Å². The Bertz CT molecular complexity index is 2760. The fourth-order valence-corrected chi connectivity index (χ4v) is 14.2. The number of amides is 2. The molecule has 1 aliphatic carbocycles. The highest BCUT2D eigenvalue weighted by atomic mass is 19.4. The third-order valence-electron chi connectivity index (χ3n) is 18.0. The summed E-state index contributed by atoms with van der Waals surface area (Å²) in [5.41, 5.74) is 9.12. The van der Waals surface area contributed by atoms with Crippen LogP contribution in [0.3, 0.4) is 0 Å². The molecule has 0 unspecified atom stereocenters. The highest BCUT2D eigenvalue weighted by molar-refractivity contribution is 5.96. The first-order valence-electron chi connectivity index (χ1n) is 28.3. The minimum Gasteiger partial charge on any atom is -0.464 e. The van der Waals surface area contributed by atoms with Crippen molar-refractivity contribution >= 4 is 34.4 Å². The van der Waals surface area contributed by atoms with Gasteiger partial charge in [0.25, 0.3) is 5.91 Å². The van der Waals surface area contributed by atoms with E-state index in [0.717, 1.165) is 131 Å². The second kappa shape index (κ2) is 21.1. The van der Waals surface area contributed by atoms with Crippen LogP contribution in [0, 0.1) is 16.7 Å². The monoisotopic (exact) mass is 1030 g/mol. The molecule has 4 aromatic rings. The Morgan fingerprint density at radius 2 is 1.73 bits per heavy atom. The summed E-state index contributed by atoms with van der Waals surface area (Å²) in [6, 6.07) is 14.1. The second-order valence-corrected chi connectivity index (χ2v) is 24.5. The fourth-order valence-electron chi connectivity index (χ4n) is 14.2. The number of fused-ring (bicyclic) bond motifs is 7. The molecule has 5 saturated heterocycles. The molecule has 11 rings (SSSR count). The van der Waals surface area contributed by atoms with E-state index < -0.39 is 36.2 Å². The van der Waals surface area contributed by atoms with Crippen molar-refractivity contribution in [2.75, 3.05) is 70.4 Å². The summed E-state index contributed by atoms with van der Waals surface area (Å²) in [4.78, 5) is 56.6. The van der Waals surface area contributed by atoms with Crippen molar-refractivity contribution in [2.45, 2.75) is 154 Å². The lowest BCUT2D eigenvalue weighted by atomic mass is 9.83. The van der Waals surface area contributed by atoms with Crippen molar-refractivity contribution in [1.82, 2.24) is 40.4 Å². The third-order valence-corrected chi connectivity index (χ3v) is 18.0. The van der Waals surface area contributed by atoms with Crippen LogP contribution in [0.4, 0.5) is 18.9 Å². The number of esters is 1. The van der Waals surface area contributed by atoms with Gasteiger partial charge in [0.2, 0.25) is 5.91 Å². The number of cyclic esters (lactones) is 1. The Morgan fingerprint density at radius 3 is 2.52 bits per heavy atom. The number of benzene rings is 2. The zero-order valence-corrected chi connectivity index (χ0v) is 44.6. The van der Waals surface area contributed by atoms with Crippen molar-refractivity contribution < 1.29 is 32.3 Å². The summed E-state index contributed by atoms with van der Waals surface area (Å²) < 4.78 is 53.2. The van der Waals surface area contributed by atoms with Gasteiger partial charge in [0.05, 0.1) is 35.9 Å². The summed E-state index contributed by atoms with van der Waals surface area (Å²) in [6.07, 6.45) is 8.63. The summed E-state index contributed by atoms with van der Waals surface area (Å²) in [7, 11) is 0. The van der Waals surface area contributed by atoms with Crippen molar-refractivity contribution in [3.63, 3.8) is 0 Å². The van der Waals surface area contributed by atoms with E-state index in [4.69, 9.17) is 9.72 Å². The molecule has 75 heavy (non-hydrogen) atoms. The van der Waals surface area contributed by atoms with Crippen LogP contribution in [0.1, 0.15) is 121 Å². The molecule has 5 atom stereocenters. The van der Waals surface area contributed by atoms with E-state index >= 15 is 13.2 Å². The fraction of sp³-hybridized carbons (Fsp3) is 0.627. The zero-order chi connectivity index (χ0) is 52.2. The predicted molar refractivity (Wildman–Crippen MR) is 286 cm³/mol. The van der Waals surface area contributed by atoms with E-state index in [1.165, 1.54) is 22.4 Å². The van der Waals surface area contributed by atoms with Crippen LogP contribution in [-0.2, 0) is 38.5 Å². The molecule has 3 N–H and O–H groups in total. The minimum absolute atomic E-state index is 0.0127. The van der Waals surface area contributed by atoms with Crippen molar-refractivity contribution in [2.24, 2.45) is 16.7 Å². The molecule has 7 aliphatic rings. The van der Waals surface area contributed by atoms with E-state index in [-0.39, 0.29) is 48.1 Å². The lowest BCUT2D eigenvalue weighted by Gasteiger charge is -2.45. The van der Waals surface area contributed by atoms with Crippen LogP contribution in [-0.4, -0.2) is 138 Å². The van der Waals surface area contributed by atoms with E-state index in [1.807, 2.05) is 76.4 Å². The number of anilines is 1. The number of likely N-dealkylation sites (tertiary alicyclic amines) is 1. The number of nitrogens with one attached hydrogen (secondary N) is 3. The second-order valence-electron chi connectivity index (χ2n) is 24.5. The van der Waals surface area contributed by atoms with Gasteiger partial charge in [-0.2, -0.15) is 13.2 Å². The molecule has 0 radical (unpaired) electrons. The highest BCUT2D eigenvalue weighted by Crippen LogP contribution is 2.45. The average molecular weight is 1030 g/mol. The van der Waals surface area contributed by atoms with Gasteiger partial charge in [0, 0.05) is 73.6 Å². The number of aromatic nitrogens is 2. The third kappa shape index (κ3) is 11.0. The average Bonchev–Trinajstić information content (AvgIpc) is 4.29. The molecule has 16 heteroatoms. The largest absolute Gasteiger partial charge is 0.464 e. The summed E-state index contributed by atoms with van der Waals surface area (Å²) in [5, 5.41) is 9.08. The maximum absolute atomic E-state index is 15.2. The van der Waals surface area contributed by atoms with Crippen LogP contribution in [0.2, 0.25) is 0 Å². The molecule has 404 valence electrons. The first-order chi connectivity index (χ1) is 36.0. The van der Waals surface area contributed by atoms with Gasteiger partial charge in [0.15, 0.2) is 0 Å². The Kier molecular flexibility index (Phi) is 14.6. The molecule has 6 bridgehead atoms. The van der Waals surface area contributed by atoms with Crippen LogP contribution < -0.4 is 21.0 Å². The molecule has 2 amide bonds. The number of hydrogen-bond donors (Lipinski definition) is 3. The van der Waals surface area contributed by atoms with Gasteiger partial charge in [-0.3, -0.25) is 34.2 Å². The van der Waals surface area contributed by atoms with E-state index in [0.29, 0.717) is 54.0 Å². The van der Waals surface area contributed by atoms with Gasteiger partial charge in [-0.05, 0) is 135 Å². The number of nitrogens with zero attached hydrogens (tertiary/aromatic N) is 6. The molecule has 8 heterocycles. The first kappa shape index (κ1) is 52.0. The Labute approximate surface area is 440 Å². The molecule has 2 aromatic heterocycles. The molecule has 1 spiro atoms. The van der Waals surface area contributed by atoms with Crippen LogP contribution in [0.25, 0.3) is 33.3 Å². The number of piperazine rings is 1. The Balaban J connectivity index is 1.01. The van der Waals surface area contributed by atoms with E-state index in [9.17, 15) is 14.4 Å². The Morgan fingerprint density at radius 1 is 0.920 bits per heavy atom. The molecular formula is C59H78F3N9O4. The van der Waals surface area contributed by atoms with Gasteiger partial charge < -0.3 is 24.8 Å². The number of pyridine rings is 1. The van der Waals surface area contributed by atoms with Crippen LogP contribution in [0.5, 0.6) is 0 Å². The Hall–Kier alpha value is -5.03. The first-order valence-corrected chi connectivity index (χ1v) is 28.3. The molecule has 2 aromatic carbocycles. The maximum atomic E-state index is 15.2. The number of halogens is 3.